The largest absolute Gasteiger partial charge is 0.361 e. The summed E-state index contributed by atoms with van der Waals surface area (Å²) in [4.78, 5) is 88.2. The number of nitrogens with zero attached hydrogens (tertiary/aromatic N) is 12. The van der Waals surface area contributed by atoms with Gasteiger partial charge in [0.2, 0.25) is 0 Å². The molecule has 12 aliphatic rings. The van der Waals surface area contributed by atoms with Gasteiger partial charge in [-0.1, -0.05) is 147 Å². The van der Waals surface area contributed by atoms with Gasteiger partial charge in [0.1, 0.15) is 0 Å². The normalized spacial score (nSPS) is 20.9. The van der Waals surface area contributed by atoms with Gasteiger partial charge in [0.25, 0.3) is 41.1 Å². The quantitative estimate of drug-likeness (QED) is 0.0419. The topological polar surface area (TPSA) is 284 Å². The van der Waals surface area contributed by atoms with Crippen molar-refractivity contribution in [3.63, 3.8) is 0 Å². The predicted molar refractivity (Wildman–Crippen MR) is 539 cm³/mol. The fourth-order valence-corrected chi connectivity index (χ4v) is 22.7. The molecule has 0 radical (unpaired) electrons. The SMILES string of the molecule is [C-]#[N+]C1=CCC(C(=O)Nc2ccc(CCN3CCS(=O)(=O)CC3)cc2C2=CCC(C)(C)CC2)=C1.[C-]#[N+]C1=CCC(C(=O)Nc2ccc(CCN3CCS(=O)(=O)CC3)cc2C2=CCC(C)(C)CC2)=N1.[C-]#[N+]C1=CCC(C(=O)Nc2ccc(CCN3CCS(=O)CC3)cc2C2=CCC(C)(C)CC2)=N1.[C-]#[N+]C1=CCC(C(=O)Nc2ccc(CCn3ccnc3)cc2C2=CCC3(CCCC3)CC2)=N1. The summed E-state index contributed by atoms with van der Waals surface area (Å²) in [5, 5.41) is 12.3. The molecule has 6 aliphatic heterocycles. The second-order valence-corrected chi connectivity index (χ2v) is 46.0. The summed E-state index contributed by atoms with van der Waals surface area (Å²) >= 11 is 0. The number of sulfone groups is 2. The maximum atomic E-state index is 12.9. The molecular weight excluding hydrogens is 1740 g/mol. The van der Waals surface area contributed by atoms with Gasteiger partial charge >= 0.3 is 0 Å². The number of anilines is 4. The Hall–Kier alpha value is -11.5. The van der Waals surface area contributed by atoms with Gasteiger partial charge in [-0.25, -0.2) is 26.7 Å². The van der Waals surface area contributed by atoms with Gasteiger partial charge < -0.3 is 55.1 Å². The number of hydrogen-bond donors (Lipinski definition) is 4. The summed E-state index contributed by atoms with van der Waals surface area (Å²) < 4.78 is 60.5. The van der Waals surface area contributed by atoms with Gasteiger partial charge in [-0.05, 0) is 243 Å². The summed E-state index contributed by atoms with van der Waals surface area (Å²) in [6.07, 6.45) is 46.7. The Kier molecular flexibility index (Phi) is 32.6. The van der Waals surface area contributed by atoms with Crippen LogP contribution in [0.4, 0.5) is 22.7 Å². The van der Waals surface area contributed by atoms with Gasteiger partial charge in [-0.3, -0.25) is 23.4 Å². The van der Waals surface area contributed by atoms with Crippen LogP contribution in [0.5, 0.6) is 0 Å². The van der Waals surface area contributed by atoms with Crippen molar-refractivity contribution in [1.29, 1.82) is 0 Å². The van der Waals surface area contributed by atoms with E-state index in [9.17, 15) is 40.2 Å². The number of aryl methyl sites for hydroxylation is 2. The van der Waals surface area contributed by atoms with Crippen molar-refractivity contribution in [1.82, 2.24) is 24.3 Å². The van der Waals surface area contributed by atoms with Crippen molar-refractivity contribution < 1.29 is 40.2 Å². The maximum absolute atomic E-state index is 12.9. The Labute approximate surface area is 794 Å². The predicted octanol–water partition coefficient (Wildman–Crippen LogP) is 18.9. The molecule has 4 N–H and O–H groups in total. The number of hydrogen-bond acceptors (Lipinski definition) is 16. The average molecular weight is 1860 g/mol. The van der Waals surface area contributed by atoms with E-state index in [1.807, 2.05) is 42.9 Å². The van der Waals surface area contributed by atoms with Crippen molar-refractivity contribution in [2.75, 3.05) is 115 Å². The molecule has 7 heterocycles. The molecule has 1 aromatic heterocycles. The summed E-state index contributed by atoms with van der Waals surface area (Å²) in [5.41, 5.74) is 21.2. The highest BCUT2D eigenvalue weighted by Gasteiger charge is 2.37. The Morgan fingerprint density at radius 3 is 1.08 bits per heavy atom. The Bertz CT molecular complexity index is 5960. The molecule has 0 atom stereocenters. The summed E-state index contributed by atoms with van der Waals surface area (Å²) in [6.45, 7) is 49.8. The number of allylic oxidation sites excluding steroid dienone is 13. The van der Waals surface area contributed by atoms with E-state index in [4.69, 9.17) is 26.3 Å². The lowest BCUT2D eigenvalue weighted by Gasteiger charge is -2.33. The first-order valence-corrected chi connectivity index (χ1v) is 52.6. The minimum absolute atomic E-state index is 0.157. The lowest BCUT2D eigenvalue weighted by Crippen LogP contribution is -2.41. The number of nitrogens with one attached hydrogen (secondary N) is 4. The van der Waals surface area contributed by atoms with Crippen LogP contribution in [0.15, 0.2) is 190 Å². The highest BCUT2D eigenvalue weighted by atomic mass is 32.2. The van der Waals surface area contributed by atoms with Gasteiger partial charge in [-0.2, -0.15) is 0 Å². The Morgan fingerprint density at radius 1 is 0.418 bits per heavy atom. The lowest BCUT2D eigenvalue weighted by atomic mass is 9.72. The van der Waals surface area contributed by atoms with E-state index in [-0.39, 0.29) is 69.1 Å². The molecule has 6 aliphatic carbocycles. The van der Waals surface area contributed by atoms with E-state index in [2.05, 4.69) is 188 Å². The van der Waals surface area contributed by atoms with E-state index in [0.717, 1.165) is 192 Å². The number of amides is 4. The average Bonchev–Trinajstić information content (AvgIpc) is 1.57. The van der Waals surface area contributed by atoms with Crippen LogP contribution in [-0.2, 0) is 81.9 Å². The highest BCUT2D eigenvalue weighted by Crippen LogP contribution is 2.51. The third-order valence-electron chi connectivity index (χ3n) is 28.1. The molecule has 28 heteroatoms. The van der Waals surface area contributed by atoms with Crippen molar-refractivity contribution in [2.24, 2.45) is 36.6 Å². The standard InChI is InChI=1S/C27H29N5O.C27H33N3O3S.C26H32N4O3S.C26H32N4O2S/c1-28-25-7-6-24(30-25)26(33)31-23-5-4-20(10-16-32-17-15-29-19-32)18-22(23)21-8-13-27(14-9-21)11-2-3-12-27;1-27(2)11-8-21(9-12-27)24-18-20(10-13-30-14-16-34(32,33)17-15-30)4-7-25(24)29-26(31)22-5-6-23(19-22)28-3;1-26(2)11-8-20(9-12-26)21-18-19(10-13-30-14-16-34(32,33)17-15-30)4-5-22(21)29-25(31)23-6-7-24(27-3)28-23;1-26(2)11-8-20(9-12-26)21-18-19(10-13-30-14-16-33(32)17-15-30)4-5-22(21)29-25(31)23-6-7-24(27-3)28-23/h4-5,7-8,15,17-19H,2-3,6,9-14,16H2,(H,31,33);4,6-8,18-19H,5,9-17H2,1-2H3,(H,29,31);4-5,7-8,18H,6,9-17H2,1-2H3,(H,29,31);4-5,7-8,18H,6,9-17H2,1-2H3,(H,29,31). The number of imidazole rings is 1. The van der Waals surface area contributed by atoms with Crippen molar-refractivity contribution in [2.45, 2.75) is 202 Å². The Morgan fingerprint density at radius 2 is 0.769 bits per heavy atom. The zero-order valence-electron chi connectivity index (χ0n) is 78.4. The van der Waals surface area contributed by atoms with E-state index in [1.54, 1.807) is 36.6 Å². The third-order valence-corrected chi connectivity index (χ3v) is 32.6. The molecule has 0 unspecified atom stereocenters. The summed E-state index contributed by atoms with van der Waals surface area (Å²) in [7, 11) is -6.41. The lowest BCUT2D eigenvalue weighted by molar-refractivity contribution is -0.113. The van der Waals surface area contributed by atoms with E-state index in [1.165, 1.54) is 76.7 Å². The number of benzene rings is 4. The molecule has 17 rings (SSSR count). The second-order valence-electron chi connectivity index (χ2n) is 39.7. The minimum atomic E-state index is -2.88. The number of aliphatic imine (C=N–C) groups is 3. The fraction of sp³-hybridized carbons (Fsp3) is 0.472. The molecule has 4 amide bonds. The number of aromatic nitrogens is 2. The van der Waals surface area contributed by atoms with Crippen LogP contribution < -0.4 is 21.3 Å². The van der Waals surface area contributed by atoms with Gasteiger partial charge in [0, 0.05) is 170 Å². The van der Waals surface area contributed by atoms with Gasteiger partial charge in [0.05, 0.1) is 35.9 Å². The molecule has 1 spiro atoms. The molecule has 4 aromatic carbocycles. The van der Waals surface area contributed by atoms with Crippen LogP contribution in [0.1, 0.15) is 214 Å². The van der Waals surface area contributed by atoms with Crippen LogP contribution in [0.2, 0.25) is 0 Å². The molecule has 4 fully saturated rings. The molecule has 3 saturated heterocycles. The van der Waals surface area contributed by atoms with Gasteiger partial charge in [-0.15, -0.1) is 15.0 Å². The molecular formula is C106H126N16O9S3. The minimum Gasteiger partial charge on any atom is -0.361 e. The van der Waals surface area contributed by atoms with Crippen molar-refractivity contribution in [3.8, 4) is 0 Å². The molecule has 1 saturated carbocycles. The molecule has 702 valence electrons. The van der Waals surface area contributed by atoms with Crippen molar-refractivity contribution >= 4 is 116 Å². The summed E-state index contributed by atoms with van der Waals surface area (Å²) in [6, 6.07) is 25.1. The number of rotatable bonds is 24. The first-order valence-electron chi connectivity index (χ1n) is 47.4. The maximum Gasteiger partial charge on any atom is 0.293 e. The van der Waals surface area contributed by atoms with E-state index >= 15 is 0 Å². The van der Waals surface area contributed by atoms with E-state index in [0.29, 0.717) is 96.9 Å². The zero-order valence-corrected chi connectivity index (χ0v) is 80.9. The fourth-order valence-electron chi connectivity index (χ4n) is 19.0. The zero-order chi connectivity index (χ0) is 94.8. The first-order chi connectivity index (χ1) is 64.2. The summed E-state index contributed by atoms with van der Waals surface area (Å²) in [5.74, 6) is 2.46. The van der Waals surface area contributed by atoms with Crippen LogP contribution in [0.3, 0.4) is 0 Å². The number of carbonyl (C=O) groups is 4. The molecule has 0 bridgehead atoms. The van der Waals surface area contributed by atoms with Crippen LogP contribution in [-0.4, -0.2) is 179 Å². The van der Waals surface area contributed by atoms with E-state index < -0.39 is 30.5 Å². The molecule has 5 aromatic rings. The smallest absolute Gasteiger partial charge is 0.293 e. The Balaban J connectivity index is 0.000000143. The van der Waals surface area contributed by atoms with Crippen molar-refractivity contribution in [3.05, 3.63) is 265 Å². The van der Waals surface area contributed by atoms with Gasteiger partial charge in [0.15, 0.2) is 42.5 Å². The number of carbonyl (C=O) groups excluding carboxylic acids is 4. The molecule has 25 nitrogen and oxygen atoms in total. The second kappa shape index (κ2) is 44.3. The van der Waals surface area contributed by atoms with Crippen LogP contribution >= 0.6 is 0 Å². The highest BCUT2D eigenvalue weighted by molar-refractivity contribution is 7.91. The van der Waals surface area contributed by atoms with Crippen LogP contribution in [0.25, 0.3) is 41.7 Å². The van der Waals surface area contributed by atoms with Crippen LogP contribution in [0, 0.1) is 47.9 Å². The third kappa shape index (κ3) is 27.4. The monoisotopic (exact) mass is 1860 g/mol. The molecule has 134 heavy (non-hydrogen) atoms. The first kappa shape index (κ1) is 98.5.